The van der Waals surface area contributed by atoms with Gasteiger partial charge in [0.05, 0.1) is 19.3 Å². The van der Waals surface area contributed by atoms with Gasteiger partial charge in [-0.05, 0) is 38.5 Å². The Bertz CT molecular complexity index is 774. The molecule has 1 aromatic carbocycles. The lowest BCUT2D eigenvalue weighted by Crippen LogP contribution is -2.63. The summed E-state index contributed by atoms with van der Waals surface area (Å²) in [4.78, 5) is 20.4. The van der Waals surface area contributed by atoms with E-state index in [0.29, 0.717) is 32.2 Å². The van der Waals surface area contributed by atoms with Gasteiger partial charge in [0, 0.05) is 46.3 Å². The summed E-state index contributed by atoms with van der Waals surface area (Å²) in [7, 11) is 1.74. The first-order valence-electron chi connectivity index (χ1n) is 11.3. The molecule has 3 rings (SSSR count). The van der Waals surface area contributed by atoms with Crippen molar-refractivity contribution in [1.82, 2.24) is 20.4 Å². The molecule has 0 aliphatic carbocycles. The average Bonchev–Trinajstić information content (AvgIpc) is 2.72. The summed E-state index contributed by atoms with van der Waals surface area (Å²) in [5.41, 5.74) is 0.634. The third-order valence-electron chi connectivity index (χ3n) is 5.24. The van der Waals surface area contributed by atoms with Gasteiger partial charge in [-0.15, -0.1) is 24.0 Å². The molecule has 2 fully saturated rings. The minimum Gasteiger partial charge on any atom is -0.492 e. The van der Waals surface area contributed by atoms with Crippen molar-refractivity contribution < 1.29 is 19.0 Å². The van der Waals surface area contributed by atoms with E-state index >= 15 is 0 Å². The van der Waals surface area contributed by atoms with E-state index < -0.39 is 5.60 Å². The monoisotopic (exact) mass is 575 g/mol. The summed E-state index contributed by atoms with van der Waals surface area (Å²) in [6.45, 7) is 12.6. The largest absolute Gasteiger partial charge is 0.492 e. The highest BCUT2D eigenvalue weighted by atomic mass is 127. The smallest absolute Gasteiger partial charge is 0.410 e. The zero-order chi connectivity index (χ0) is 23.0. The van der Waals surface area contributed by atoms with E-state index in [2.05, 4.69) is 26.6 Å². The number of amides is 1. The second kappa shape index (κ2) is 13.2. The summed E-state index contributed by atoms with van der Waals surface area (Å²) in [5.74, 6) is 1.57. The van der Waals surface area contributed by atoms with Crippen LogP contribution in [0.3, 0.4) is 0 Å². The number of nitrogens with one attached hydrogen (secondary N) is 2. The van der Waals surface area contributed by atoms with Crippen molar-refractivity contribution in [2.45, 2.75) is 39.0 Å². The number of benzene rings is 1. The van der Waals surface area contributed by atoms with Gasteiger partial charge in [0.15, 0.2) is 5.96 Å². The van der Waals surface area contributed by atoms with E-state index in [0.717, 1.165) is 44.2 Å². The third-order valence-corrected chi connectivity index (χ3v) is 5.24. The van der Waals surface area contributed by atoms with E-state index in [1.54, 1.807) is 11.9 Å². The van der Waals surface area contributed by atoms with Gasteiger partial charge < -0.3 is 29.7 Å². The SMILES string of the molecule is CN=C(NCc1cccc(OCCN2CCOCC2)c1)NC1CN(C(=O)OC(C)(C)C)C1.I. The van der Waals surface area contributed by atoms with Crippen molar-refractivity contribution >= 4 is 36.0 Å². The standard InChI is InChI=1S/C23H37N5O4.HI/c1-23(2,3)32-22(29)28-16-19(17-28)26-21(24-4)25-15-18-6-5-7-20(14-18)31-13-10-27-8-11-30-12-9-27;/h5-7,14,19H,8-13,15-17H2,1-4H3,(H2,24,25,26);1H. The van der Waals surface area contributed by atoms with E-state index in [4.69, 9.17) is 14.2 Å². The van der Waals surface area contributed by atoms with E-state index in [9.17, 15) is 4.79 Å². The Labute approximate surface area is 214 Å². The van der Waals surface area contributed by atoms with Crippen LogP contribution in [-0.4, -0.2) is 93.1 Å². The molecule has 33 heavy (non-hydrogen) atoms. The highest BCUT2D eigenvalue weighted by Crippen LogP contribution is 2.16. The molecule has 0 bridgehead atoms. The van der Waals surface area contributed by atoms with Crippen LogP contribution in [0.1, 0.15) is 26.3 Å². The molecule has 2 heterocycles. The fraction of sp³-hybridized carbons (Fsp3) is 0.652. The number of carbonyl (C=O) groups is 1. The number of likely N-dealkylation sites (tertiary alicyclic amines) is 1. The van der Waals surface area contributed by atoms with Crippen LogP contribution in [0, 0.1) is 0 Å². The molecule has 0 radical (unpaired) electrons. The first-order valence-corrected chi connectivity index (χ1v) is 11.3. The summed E-state index contributed by atoms with van der Waals surface area (Å²) >= 11 is 0. The number of morpholine rings is 1. The number of nitrogens with zero attached hydrogens (tertiary/aromatic N) is 3. The summed E-state index contributed by atoms with van der Waals surface area (Å²) < 4.78 is 16.7. The van der Waals surface area contributed by atoms with Gasteiger partial charge >= 0.3 is 6.09 Å². The number of rotatable bonds is 7. The van der Waals surface area contributed by atoms with Crippen LogP contribution in [0.2, 0.25) is 0 Å². The van der Waals surface area contributed by atoms with E-state index in [1.807, 2.05) is 39.0 Å². The topological polar surface area (TPSA) is 87.7 Å². The first-order chi connectivity index (χ1) is 15.3. The van der Waals surface area contributed by atoms with Crippen molar-refractivity contribution in [2.75, 3.05) is 59.6 Å². The average molecular weight is 575 g/mol. The van der Waals surface area contributed by atoms with Gasteiger partial charge in [0.25, 0.3) is 0 Å². The number of hydrogen-bond acceptors (Lipinski definition) is 6. The van der Waals surface area contributed by atoms with Gasteiger partial charge in [0.2, 0.25) is 0 Å². The maximum absolute atomic E-state index is 12.1. The quantitative estimate of drug-likeness (QED) is 0.293. The summed E-state index contributed by atoms with van der Waals surface area (Å²) in [6, 6.07) is 8.25. The van der Waals surface area contributed by atoms with Gasteiger partial charge in [-0.3, -0.25) is 9.89 Å². The molecule has 2 N–H and O–H groups in total. The Morgan fingerprint density at radius 3 is 2.64 bits per heavy atom. The molecule has 2 aliphatic rings. The Morgan fingerprint density at radius 2 is 1.97 bits per heavy atom. The van der Waals surface area contributed by atoms with Crippen LogP contribution in [0.4, 0.5) is 4.79 Å². The Morgan fingerprint density at radius 1 is 1.24 bits per heavy atom. The molecule has 0 atom stereocenters. The van der Waals surface area contributed by atoms with Crippen molar-refractivity contribution in [3.8, 4) is 5.75 Å². The van der Waals surface area contributed by atoms with Crippen LogP contribution in [-0.2, 0) is 16.0 Å². The zero-order valence-electron chi connectivity index (χ0n) is 20.1. The highest BCUT2D eigenvalue weighted by Gasteiger charge is 2.34. The number of hydrogen-bond donors (Lipinski definition) is 2. The molecular weight excluding hydrogens is 537 g/mol. The molecule has 0 aromatic heterocycles. The molecule has 9 nitrogen and oxygen atoms in total. The van der Waals surface area contributed by atoms with Gasteiger partial charge in [0.1, 0.15) is 18.0 Å². The van der Waals surface area contributed by atoms with Crippen LogP contribution < -0.4 is 15.4 Å². The van der Waals surface area contributed by atoms with Gasteiger partial charge in [-0.2, -0.15) is 0 Å². The third kappa shape index (κ3) is 9.54. The molecule has 0 spiro atoms. The Hall–Kier alpha value is -1.79. The van der Waals surface area contributed by atoms with Crippen molar-refractivity contribution in [3.63, 3.8) is 0 Å². The molecule has 0 saturated carbocycles. The summed E-state index contributed by atoms with van der Waals surface area (Å²) in [5, 5.41) is 6.68. The minimum atomic E-state index is -0.478. The van der Waals surface area contributed by atoms with Gasteiger partial charge in [-0.25, -0.2) is 4.79 Å². The lowest BCUT2D eigenvalue weighted by molar-refractivity contribution is 0.00700. The fourth-order valence-electron chi connectivity index (χ4n) is 3.48. The Kier molecular flexibility index (Phi) is 11.0. The minimum absolute atomic E-state index is 0. The lowest BCUT2D eigenvalue weighted by atomic mass is 10.1. The maximum atomic E-state index is 12.1. The summed E-state index contributed by atoms with van der Waals surface area (Å²) in [6.07, 6.45) is -0.274. The van der Waals surface area contributed by atoms with Crippen molar-refractivity contribution in [3.05, 3.63) is 29.8 Å². The fourth-order valence-corrected chi connectivity index (χ4v) is 3.48. The van der Waals surface area contributed by atoms with Crippen LogP contribution in [0.15, 0.2) is 29.3 Å². The second-order valence-corrected chi connectivity index (χ2v) is 9.10. The van der Waals surface area contributed by atoms with Crippen molar-refractivity contribution in [2.24, 2.45) is 4.99 Å². The van der Waals surface area contributed by atoms with Gasteiger partial charge in [-0.1, -0.05) is 12.1 Å². The molecule has 10 heteroatoms. The number of ether oxygens (including phenoxy) is 3. The predicted molar refractivity (Wildman–Crippen MR) is 140 cm³/mol. The number of guanidine groups is 1. The Balaban J connectivity index is 0.00000385. The molecule has 2 aliphatic heterocycles. The van der Waals surface area contributed by atoms with Crippen LogP contribution in [0.5, 0.6) is 5.75 Å². The number of aliphatic imine (C=N–C) groups is 1. The van der Waals surface area contributed by atoms with Crippen LogP contribution in [0.25, 0.3) is 0 Å². The number of carbonyl (C=O) groups excluding carboxylic acids is 1. The van der Waals surface area contributed by atoms with Crippen molar-refractivity contribution in [1.29, 1.82) is 0 Å². The normalized spacial score (nSPS) is 17.6. The molecule has 1 amide bonds. The predicted octanol–water partition coefficient (Wildman–Crippen LogP) is 2.30. The van der Waals surface area contributed by atoms with E-state index in [1.165, 1.54) is 0 Å². The molecule has 186 valence electrons. The molecular formula is C23H38IN5O4. The highest BCUT2D eigenvalue weighted by molar-refractivity contribution is 14.0. The van der Waals surface area contributed by atoms with E-state index in [-0.39, 0.29) is 36.1 Å². The zero-order valence-corrected chi connectivity index (χ0v) is 22.5. The first kappa shape index (κ1) is 27.5. The lowest BCUT2D eigenvalue weighted by Gasteiger charge is -2.40. The number of halogens is 1. The maximum Gasteiger partial charge on any atom is 0.410 e. The molecule has 0 unspecified atom stereocenters. The molecule has 1 aromatic rings. The molecule has 2 saturated heterocycles. The van der Waals surface area contributed by atoms with Crippen LogP contribution >= 0.6 is 24.0 Å². The second-order valence-electron chi connectivity index (χ2n) is 9.10.